The maximum Gasteiger partial charge on any atom is 0.234 e. The van der Waals surface area contributed by atoms with E-state index in [1.54, 1.807) is 7.11 Å². The fraction of sp³-hybridized carbons (Fsp3) is 0.269. The molecule has 0 aliphatic rings. The molecule has 1 N–H and O–H groups in total. The summed E-state index contributed by atoms with van der Waals surface area (Å²) in [5.74, 6) is 2.04. The average Bonchev–Trinajstić information content (AvgIpc) is 3.17. The highest BCUT2D eigenvalue weighted by molar-refractivity contribution is 7.99. The van der Waals surface area contributed by atoms with Crippen molar-refractivity contribution in [3.05, 3.63) is 77.6 Å². The minimum absolute atomic E-state index is 0.0604. The van der Waals surface area contributed by atoms with Crippen LogP contribution in [0.1, 0.15) is 23.4 Å². The second-order valence-electron chi connectivity index (χ2n) is 8.00. The molecular weight excluding hydrogens is 432 g/mol. The molecule has 0 saturated heterocycles. The van der Waals surface area contributed by atoms with E-state index in [0.717, 1.165) is 52.5 Å². The fourth-order valence-electron chi connectivity index (χ4n) is 3.80. The summed E-state index contributed by atoms with van der Waals surface area (Å²) < 4.78 is 7.26. The molecule has 3 aromatic carbocycles. The Bertz CT molecular complexity index is 1270. The molecule has 0 atom stereocenters. The number of aromatic nitrogens is 3. The van der Waals surface area contributed by atoms with Gasteiger partial charge in [-0.05, 0) is 65.9 Å². The molecule has 7 heteroatoms. The molecule has 0 saturated carbocycles. The Kier molecular flexibility index (Phi) is 7.29. The standard InChI is InChI=1S/C26H28N4O2S/c1-18-15-23(32-3)14-12-19(18)9-6-10-24-28-29-26(30(24)2)33-17-25(31)27-22-13-11-20-7-4-5-8-21(20)16-22/h4-5,7-8,11-16H,6,9-10,17H2,1-3H3,(H,27,31). The molecule has 6 nitrogen and oxygen atoms in total. The van der Waals surface area contributed by atoms with Gasteiger partial charge in [0.2, 0.25) is 5.91 Å². The van der Waals surface area contributed by atoms with Crippen molar-refractivity contribution in [3.8, 4) is 5.75 Å². The third-order valence-corrected chi connectivity index (χ3v) is 6.71. The van der Waals surface area contributed by atoms with E-state index in [4.69, 9.17) is 4.74 Å². The Balaban J connectivity index is 1.28. The van der Waals surface area contributed by atoms with E-state index in [2.05, 4.69) is 40.6 Å². The van der Waals surface area contributed by atoms with Gasteiger partial charge >= 0.3 is 0 Å². The van der Waals surface area contributed by atoms with Gasteiger partial charge in [0.15, 0.2) is 5.16 Å². The predicted molar refractivity (Wildman–Crippen MR) is 134 cm³/mol. The lowest BCUT2D eigenvalue weighted by atomic mass is 10.0. The number of thioether (sulfide) groups is 1. The number of nitrogens with zero attached hydrogens (tertiary/aromatic N) is 3. The number of benzene rings is 3. The summed E-state index contributed by atoms with van der Waals surface area (Å²) in [5, 5.41) is 14.6. The van der Waals surface area contributed by atoms with E-state index in [1.165, 1.54) is 22.9 Å². The maximum atomic E-state index is 12.4. The molecular formula is C26H28N4O2S. The highest BCUT2D eigenvalue weighted by Crippen LogP contribution is 2.22. The number of aryl methyl sites for hydroxylation is 3. The van der Waals surface area contributed by atoms with Crippen molar-refractivity contribution in [3.63, 3.8) is 0 Å². The lowest BCUT2D eigenvalue weighted by molar-refractivity contribution is -0.113. The molecule has 0 radical (unpaired) electrons. The Labute approximate surface area is 198 Å². The SMILES string of the molecule is COc1ccc(CCCc2nnc(SCC(=O)Nc3ccc4ccccc4c3)n2C)c(C)c1. The first-order valence-electron chi connectivity index (χ1n) is 11.0. The first-order chi connectivity index (χ1) is 16.0. The van der Waals surface area contributed by atoms with E-state index in [9.17, 15) is 4.79 Å². The van der Waals surface area contributed by atoms with E-state index in [0.29, 0.717) is 0 Å². The molecule has 0 fully saturated rings. The van der Waals surface area contributed by atoms with Crippen LogP contribution in [0.2, 0.25) is 0 Å². The first kappa shape index (κ1) is 22.9. The van der Waals surface area contributed by atoms with Gasteiger partial charge in [-0.2, -0.15) is 0 Å². The first-order valence-corrected chi connectivity index (χ1v) is 12.0. The summed E-state index contributed by atoms with van der Waals surface area (Å²) in [6.07, 6.45) is 2.78. The summed E-state index contributed by atoms with van der Waals surface area (Å²) >= 11 is 1.40. The number of hydrogen-bond acceptors (Lipinski definition) is 5. The molecule has 1 amide bonds. The van der Waals surface area contributed by atoms with E-state index < -0.39 is 0 Å². The Morgan fingerprint density at radius 2 is 1.85 bits per heavy atom. The Morgan fingerprint density at radius 1 is 1.03 bits per heavy atom. The summed E-state index contributed by atoms with van der Waals surface area (Å²) in [5.41, 5.74) is 3.35. The second kappa shape index (κ2) is 10.5. The molecule has 0 unspecified atom stereocenters. The number of methoxy groups -OCH3 is 1. The smallest absolute Gasteiger partial charge is 0.234 e. The average molecular weight is 461 g/mol. The van der Waals surface area contributed by atoms with Crippen LogP contribution < -0.4 is 10.1 Å². The maximum absolute atomic E-state index is 12.4. The number of rotatable bonds is 9. The van der Waals surface area contributed by atoms with Gasteiger partial charge in [0.25, 0.3) is 0 Å². The molecule has 0 bridgehead atoms. The molecule has 0 aliphatic carbocycles. The molecule has 0 spiro atoms. The summed E-state index contributed by atoms with van der Waals surface area (Å²) in [7, 11) is 3.64. The highest BCUT2D eigenvalue weighted by atomic mass is 32.2. The van der Waals surface area contributed by atoms with Gasteiger partial charge in [-0.1, -0.05) is 48.2 Å². The lowest BCUT2D eigenvalue weighted by Gasteiger charge is -2.08. The zero-order valence-electron chi connectivity index (χ0n) is 19.2. The summed E-state index contributed by atoms with van der Waals surface area (Å²) in [6, 6.07) is 20.2. The number of nitrogens with one attached hydrogen (secondary N) is 1. The molecule has 1 heterocycles. The van der Waals surface area contributed by atoms with Gasteiger partial charge < -0.3 is 14.6 Å². The van der Waals surface area contributed by atoms with Crippen molar-refractivity contribution in [2.24, 2.45) is 7.05 Å². The van der Waals surface area contributed by atoms with Crippen molar-refractivity contribution < 1.29 is 9.53 Å². The number of carbonyl (C=O) groups is 1. The minimum atomic E-state index is -0.0604. The third-order valence-electron chi connectivity index (χ3n) is 5.69. The lowest BCUT2D eigenvalue weighted by Crippen LogP contribution is -2.14. The molecule has 4 aromatic rings. The van der Waals surface area contributed by atoms with Gasteiger partial charge in [0.1, 0.15) is 11.6 Å². The molecule has 33 heavy (non-hydrogen) atoms. The van der Waals surface area contributed by atoms with Crippen molar-refractivity contribution in [1.82, 2.24) is 14.8 Å². The molecule has 170 valence electrons. The van der Waals surface area contributed by atoms with Crippen LogP contribution in [0.15, 0.2) is 65.8 Å². The van der Waals surface area contributed by atoms with Gasteiger partial charge in [-0.25, -0.2) is 0 Å². The predicted octanol–water partition coefficient (Wildman–Crippen LogP) is 5.19. The largest absolute Gasteiger partial charge is 0.497 e. The van der Waals surface area contributed by atoms with Crippen LogP contribution in [-0.4, -0.2) is 33.5 Å². The van der Waals surface area contributed by atoms with Crippen LogP contribution in [0.25, 0.3) is 10.8 Å². The number of ether oxygens (including phenoxy) is 1. The van der Waals surface area contributed by atoms with Crippen molar-refractivity contribution in [1.29, 1.82) is 0 Å². The number of carbonyl (C=O) groups excluding carboxylic acids is 1. The van der Waals surface area contributed by atoms with Crippen molar-refractivity contribution in [2.75, 3.05) is 18.2 Å². The number of anilines is 1. The monoisotopic (exact) mass is 460 g/mol. The van der Waals surface area contributed by atoms with Crippen molar-refractivity contribution in [2.45, 2.75) is 31.3 Å². The van der Waals surface area contributed by atoms with Crippen LogP contribution in [0.4, 0.5) is 5.69 Å². The normalized spacial score (nSPS) is 11.0. The Morgan fingerprint density at radius 3 is 2.64 bits per heavy atom. The van der Waals surface area contributed by atoms with Gasteiger partial charge in [0.05, 0.1) is 12.9 Å². The zero-order chi connectivity index (χ0) is 23.2. The van der Waals surface area contributed by atoms with E-state index in [1.807, 2.05) is 54.1 Å². The molecule has 4 rings (SSSR count). The van der Waals surface area contributed by atoms with Gasteiger partial charge in [0, 0.05) is 19.2 Å². The van der Waals surface area contributed by atoms with Crippen molar-refractivity contribution >= 4 is 34.1 Å². The number of hydrogen-bond donors (Lipinski definition) is 1. The molecule has 1 aromatic heterocycles. The topological polar surface area (TPSA) is 69.0 Å². The Hall–Kier alpha value is -3.32. The van der Waals surface area contributed by atoms with E-state index in [-0.39, 0.29) is 11.7 Å². The summed E-state index contributed by atoms with van der Waals surface area (Å²) in [6.45, 7) is 2.11. The zero-order valence-corrected chi connectivity index (χ0v) is 20.0. The van der Waals surface area contributed by atoms with Crippen LogP contribution in [0, 0.1) is 6.92 Å². The summed E-state index contributed by atoms with van der Waals surface area (Å²) in [4.78, 5) is 12.4. The second-order valence-corrected chi connectivity index (χ2v) is 8.95. The van der Waals surface area contributed by atoms with Crippen LogP contribution in [0.5, 0.6) is 5.75 Å². The van der Waals surface area contributed by atoms with Gasteiger partial charge in [-0.3, -0.25) is 4.79 Å². The minimum Gasteiger partial charge on any atom is -0.497 e. The highest BCUT2D eigenvalue weighted by Gasteiger charge is 2.12. The quantitative estimate of drug-likeness (QED) is 0.348. The van der Waals surface area contributed by atoms with Crippen LogP contribution in [-0.2, 0) is 24.7 Å². The molecule has 0 aliphatic heterocycles. The van der Waals surface area contributed by atoms with Crippen LogP contribution >= 0.6 is 11.8 Å². The van der Waals surface area contributed by atoms with E-state index >= 15 is 0 Å². The number of fused-ring (bicyclic) bond motifs is 1. The third kappa shape index (κ3) is 5.73. The fourth-order valence-corrected chi connectivity index (χ4v) is 4.53. The number of amides is 1. The van der Waals surface area contributed by atoms with Gasteiger partial charge in [-0.15, -0.1) is 10.2 Å². The van der Waals surface area contributed by atoms with Crippen LogP contribution in [0.3, 0.4) is 0 Å².